The number of nitrogens with one attached hydrogen (secondary N) is 1. The lowest BCUT2D eigenvalue weighted by molar-refractivity contribution is 0.173. The van der Waals surface area contributed by atoms with E-state index in [-0.39, 0.29) is 37.0 Å². The predicted octanol–water partition coefficient (Wildman–Crippen LogP) is 3.08. The molecule has 0 bridgehead atoms. The molecule has 0 heterocycles. The largest absolute Gasteiger partial charge is 0.395 e. The van der Waals surface area contributed by atoms with E-state index in [2.05, 4.69) is 5.32 Å². The second-order valence-corrected chi connectivity index (χ2v) is 5.80. The first-order valence-corrected chi connectivity index (χ1v) is 8.08. The van der Waals surface area contributed by atoms with Crippen molar-refractivity contribution in [3.05, 3.63) is 35.6 Å². The highest BCUT2D eigenvalue weighted by Crippen LogP contribution is 2.36. The number of carbonyl (C=O) groups excluding carboxylic acids is 1. The molecule has 22 heavy (non-hydrogen) atoms. The maximum Gasteiger partial charge on any atom is 0.317 e. The Bertz CT molecular complexity index is 489. The van der Waals surface area contributed by atoms with Crippen molar-refractivity contribution in [2.75, 3.05) is 19.7 Å². The summed E-state index contributed by atoms with van der Waals surface area (Å²) in [4.78, 5) is 13.9. The first kappa shape index (κ1) is 16.7. The fourth-order valence-corrected chi connectivity index (χ4v) is 3.22. The number of aliphatic hydroxyl groups excluding tert-OH is 1. The fourth-order valence-electron chi connectivity index (χ4n) is 3.22. The number of halogens is 1. The molecule has 0 saturated heterocycles. The summed E-state index contributed by atoms with van der Waals surface area (Å²) in [5, 5.41) is 12.0. The molecule has 0 spiro atoms. The number of likely N-dealkylation sites (N-methyl/N-ethyl adjacent to an activating group) is 1. The second kappa shape index (κ2) is 8.13. The molecular weight excluding hydrogens is 283 g/mol. The van der Waals surface area contributed by atoms with Gasteiger partial charge in [-0.15, -0.1) is 0 Å². The van der Waals surface area contributed by atoms with Crippen molar-refractivity contribution >= 4 is 6.03 Å². The number of hydrogen-bond donors (Lipinski definition) is 2. The van der Waals surface area contributed by atoms with Crippen molar-refractivity contribution in [1.29, 1.82) is 0 Å². The van der Waals surface area contributed by atoms with Gasteiger partial charge < -0.3 is 15.3 Å². The summed E-state index contributed by atoms with van der Waals surface area (Å²) < 4.78 is 14.2. The zero-order chi connectivity index (χ0) is 15.9. The van der Waals surface area contributed by atoms with Crippen LogP contribution in [0.1, 0.15) is 44.2 Å². The Labute approximate surface area is 131 Å². The Morgan fingerprint density at radius 1 is 1.41 bits per heavy atom. The van der Waals surface area contributed by atoms with Crippen molar-refractivity contribution in [3.8, 4) is 0 Å². The molecule has 2 amide bonds. The number of rotatable bonds is 6. The van der Waals surface area contributed by atoms with Crippen LogP contribution in [-0.2, 0) is 0 Å². The molecule has 122 valence electrons. The zero-order valence-electron chi connectivity index (χ0n) is 13.1. The third-order valence-corrected chi connectivity index (χ3v) is 4.43. The monoisotopic (exact) mass is 308 g/mol. The molecule has 0 aromatic heterocycles. The molecule has 1 aliphatic carbocycles. The minimum absolute atomic E-state index is 0.0744. The molecule has 4 nitrogen and oxygen atoms in total. The van der Waals surface area contributed by atoms with Gasteiger partial charge in [-0.3, -0.25) is 0 Å². The first-order valence-electron chi connectivity index (χ1n) is 8.08. The number of carbonyl (C=O) groups is 1. The van der Waals surface area contributed by atoms with Gasteiger partial charge in [0.05, 0.1) is 12.6 Å². The third kappa shape index (κ3) is 3.97. The van der Waals surface area contributed by atoms with E-state index in [1.807, 2.05) is 6.92 Å². The summed E-state index contributed by atoms with van der Waals surface area (Å²) in [6.45, 7) is 2.59. The van der Waals surface area contributed by atoms with E-state index >= 15 is 0 Å². The Balaban J connectivity index is 2.18. The number of benzene rings is 1. The van der Waals surface area contributed by atoms with E-state index in [1.165, 1.54) is 6.07 Å². The van der Waals surface area contributed by atoms with Gasteiger partial charge in [-0.25, -0.2) is 9.18 Å². The zero-order valence-corrected chi connectivity index (χ0v) is 13.1. The maximum absolute atomic E-state index is 14.2. The Hall–Kier alpha value is -1.62. The molecule has 1 fully saturated rings. The van der Waals surface area contributed by atoms with E-state index in [0.29, 0.717) is 12.1 Å². The average molecular weight is 308 g/mol. The van der Waals surface area contributed by atoms with Gasteiger partial charge in [0.25, 0.3) is 0 Å². The first-order chi connectivity index (χ1) is 10.7. The lowest BCUT2D eigenvalue weighted by Gasteiger charge is -2.29. The van der Waals surface area contributed by atoms with Crippen molar-refractivity contribution in [2.24, 2.45) is 5.92 Å². The Kier molecular flexibility index (Phi) is 6.19. The van der Waals surface area contributed by atoms with Gasteiger partial charge in [0.1, 0.15) is 5.82 Å². The standard InChI is InChI=1S/C17H25FN2O2/c1-2-20(11-12-21)17(22)19-16(13-7-3-4-8-13)14-9-5-6-10-15(14)18/h5-6,9-10,13,16,21H,2-4,7-8,11-12H2,1H3,(H,19,22). The van der Waals surface area contributed by atoms with Crippen LogP contribution in [0.2, 0.25) is 0 Å². The molecule has 1 aromatic rings. The van der Waals surface area contributed by atoms with Crippen LogP contribution < -0.4 is 5.32 Å². The summed E-state index contributed by atoms with van der Waals surface area (Å²) in [5.74, 6) is -0.00131. The van der Waals surface area contributed by atoms with Crippen LogP contribution in [0.4, 0.5) is 9.18 Å². The van der Waals surface area contributed by atoms with Gasteiger partial charge in [0, 0.05) is 18.7 Å². The Morgan fingerprint density at radius 2 is 2.09 bits per heavy atom. The molecule has 1 atom stereocenters. The quantitative estimate of drug-likeness (QED) is 0.848. The van der Waals surface area contributed by atoms with E-state index in [0.717, 1.165) is 25.7 Å². The molecule has 1 aromatic carbocycles. The summed E-state index contributed by atoms with van der Waals surface area (Å²) in [6, 6.07) is 6.12. The highest BCUT2D eigenvalue weighted by atomic mass is 19.1. The number of amides is 2. The van der Waals surface area contributed by atoms with Crippen LogP contribution >= 0.6 is 0 Å². The molecule has 5 heteroatoms. The molecule has 1 aliphatic rings. The van der Waals surface area contributed by atoms with Crippen molar-refractivity contribution in [2.45, 2.75) is 38.6 Å². The van der Waals surface area contributed by atoms with Gasteiger partial charge >= 0.3 is 6.03 Å². The maximum atomic E-state index is 14.2. The molecule has 1 saturated carbocycles. The molecule has 2 rings (SSSR count). The summed E-state index contributed by atoms with van der Waals surface area (Å²) >= 11 is 0. The lowest BCUT2D eigenvalue weighted by Crippen LogP contribution is -2.44. The van der Waals surface area contributed by atoms with Crippen LogP contribution in [0.3, 0.4) is 0 Å². The molecular formula is C17H25FN2O2. The highest BCUT2D eigenvalue weighted by Gasteiger charge is 2.30. The van der Waals surface area contributed by atoms with E-state index in [4.69, 9.17) is 5.11 Å². The van der Waals surface area contributed by atoms with E-state index in [9.17, 15) is 9.18 Å². The van der Waals surface area contributed by atoms with Crippen LogP contribution in [0, 0.1) is 11.7 Å². The van der Waals surface area contributed by atoms with Gasteiger partial charge in [0.2, 0.25) is 0 Å². The minimum Gasteiger partial charge on any atom is -0.395 e. The smallest absolute Gasteiger partial charge is 0.317 e. The molecule has 2 N–H and O–H groups in total. The normalized spacial score (nSPS) is 16.5. The summed E-state index contributed by atoms with van der Waals surface area (Å²) in [7, 11) is 0. The predicted molar refractivity (Wildman–Crippen MR) is 84.0 cm³/mol. The number of hydrogen-bond acceptors (Lipinski definition) is 2. The molecule has 0 aliphatic heterocycles. The van der Waals surface area contributed by atoms with Crippen LogP contribution in [-0.4, -0.2) is 35.7 Å². The van der Waals surface area contributed by atoms with Gasteiger partial charge in [-0.2, -0.15) is 0 Å². The van der Waals surface area contributed by atoms with Gasteiger partial charge in [-0.05, 0) is 31.7 Å². The summed E-state index contributed by atoms with van der Waals surface area (Å²) in [6.07, 6.45) is 4.26. The molecule has 1 unspecified atom stereocenters. The topological polar surface area (TPSA) is 52.6 Å². The van der Waals surface area contributed by atoms with Gasteiger partial charge in [-0.1, -0.05) is 31.0 Å². The SMILES string of the molecule is CCN(CCO)C(=O)NC(c1ccccc1F)C1CCCC1. The van der Waals surface area contributed by atoms with E-state index in [1.54, 1.807) is 23.1 Å². The van der Waals surface area contributed by atoms with Crippen LogP contribution in [0.5, 0.6) is 0 Å². The van der Waals surface area contributed by atoms with Crippen LogP contribution in [0.25, 0.3) is 0 Å². The van der Waals surface area contributed by atoms with Crippen molar-refractivity contribution in [1.82, 2.24) is 10.2 Å². The number of urea groups is 1. The lowest BCUT2D eigenvalue weighted by atomic mass is 9.91. The summed E-state index contributed by atoms with van der Waals surface area (Å²) in [5.41, 5.74) is 0.558. The minimum atomic E-state index is -0.302. The van der Waals surface area contributed by atoms with E-state index < -0.39 is 0 Å². The van der Waals surface area contributed by atoms with Crippen molar-refractivity contribution in [3.63, 3.8) is 0 Å². The highest BCUT2D eigenvalue weighted by molar-refractivity contribution is 5.74. The number of aliphatic hydroxyl groups is 1. The average Bonchev–Trinajstić information content (AvgIpc) is 3.05. The number of nitrogens with zero attached hydrogens (tertiary/aromatic N) is 1. The third-order valence-electron chi connectivity index (χ3n) is 4.43. The van der Waals surface area contributed by atoms with Crippen molar-refractivity contribution < 1.29 is 14.3 Å². The van der Waals surface area contributed by atoms with Gasteiger partial charge in [0.15, 0.2) is 0 Å². The fraction of sp³-hybridized carbons (Fsp3) is 0.588. The van der Waals surface area contributed by atoms with Crippen LogP contribution in [0.15, 0.2) is 24.3 Å². The molecule has 0 radical (unpaired) electrons. The Morgan fingerprint density at radius 3 is 2.68 bits per heavy atom. The second-order valence-electron chi connectivity index (χ2n) is 5.80.